The van der Waals surface area contributed by atoms with E-state index in [0.717, 1.165) is 18.5 Å². The fraction of sp³-hybridized carbons (Fsp3) is 0.250. The molecule has 0 spiro atoms. The number of thiazole rings is 1. The second kappa shape index (κ2) is 4.45. The van der Waals surface area contributed by atoms with Gasteiger partial charge in [0.2, 0.25) is 0 Å². The normalized spacial score (nSPS) is 10.5. The van der Waals surface area contributed by atoms with Gasteiger partial charge in [0.15, 0.2) is 5.13 Å². The Morgan fingerprint density at radius 2 is 2.20 bits per heavy atom. The van der Waals surface area contributed by atoms with Crippen LogP contribution in [0.4, 0.5) is 5.13 Å². The van der Waals surface area contributed by atoms with Gasteiger partial charge in [-0.3, -0.25) is 0 Å². The molecule has 2 rings (SSSR count). The number of hydrogen-bond acceptors (Lipinski definition) is 3. The molecule has 0 aliphatic rings. The monoisotopic (exact) mass is 218 g/mol. The van der Waals surface area contributed by atoms with Crippen molar-refractivity contribution in [1.29, 1.82) is 0 Å². The largest absolute Gasteiger partial charge is 0.375 e. The second-order valence-corrected chi connectivity index (χ2v) is 4.56. The first-order chi connectivity index (χ1) is 7.24. The van der Waals surface area contributed by atoms with Crippen molar-refractivity contribution in [3.05, 3.63) is 46.5 Å². The molecule has 78 valence electrons. The van der Waals surface area contributed by atoms with Crippen molar-refractivity contribution in [3.8, 4) is 0 Å². The molecule has 0 aliphatic heterocycles. The van der Waals surface area contributed by atoms with Gasteiger partial charge in [0.05, 0.1) is 5.69 Å². The van der Waals surface area contributed by atoms with Crippen LogP contribution in [-0.4, -0.2) is 4.98 Å². The van der Waals surface area contributed by atoms with Crippen LogP contribution in [0, 0.1) is 6.92 Å². The number of hydrogen-bond donors (Lipinski definition) is 1. The Morgan fingerprint density at radius 3 is 2.87 bits per heavy atom. The highest BCUT2D eigenvalue weighted by molar-refractivity contribution is 7.13. The standard InChI is InChI=1S/C12H14N2S/c1-9-3-2-4-10(7-9)5-6-11-8-15-12(13)14-11/h2-4,7-8H,5-6H2,1H3,(H2,13,14). The van der Waals surface area contributed by atoms with Crippen molar-refractivity contribution >= 4 is 16.5 Å². The minimum atomic E-state index is 0.661. The quantitative estimate of drug-likeness (QED) is 0.860. The molecule has 2 aromatic rings. The van der Waals surface area contributed by atoms with Crippen molar-refractivity contribution in [3.63, 3.8) is 0 Å². The maximum Gasteiger partial charge on any atom is 0.180 e. The van der Waals surface area contributed by atoms with E-state index >= 15 is 0 Å². The Balaban J connectivity index is 1.99. The lowest BCUT2D eigenvalue weighted by Gasteiger charge is -2.00. The fourth-order valence-electron chi connectivity index (χ4n) is 1.58. The molecular weight excluding hydrogens is 204 g/mol. The topological polar surface area (TPSA) is 38.9 Å². The zero-order valence-corrected chi connectivity index (χ0v) is 9.55. The van der Waals surface area contributed by atoms with Crippen LogP contribution in [0.15, 0.2) is 29.6 Å². The van der Waals surface area contributed by atoms with E-state index in [4.69, 9.17) is 5.73 Å². The average Bonchev–Trinajstić information content (AvgIpc) is 2.62. The second-order valence-electron chi connectivity index (χ2n) is 3.67. The molecule has 1 aromatic heterocycles. The Kier molecular flexibility index (Phi) is 3.02. The van der Waals surface area contributed by atoms with Gasteiger partial charge in [-0.15, -0.1) is 11.3 Å². The fourth-order valence-corrected chi connectivity index (χ4v) is 2.17. The molecule has 2 nitrogen and oxygen atoms in total. The third-order valence-corrected chi connectivity index (χ3v) is 3.04. The average molecular weight is 218 g/mol. The number of benzene rings is 1. The first kappa shape index (κ1) is 10.2. The molecule has 1 heterocycles. The third-order valence-electron chi connectivity index (χ3n) is 2.32. The van der Waals surface area contributed by atoms with E-state index in [1.54, 1.807) is 0 Å². The summed E-state index contributed by atoms with van der Waals surface area (Å²) in [4.78, 5) is 4.24. The Labute approximate surface area is 93.8 Å². The third kappa shape index (κ3) is 2.80. The summed E-state index contributed by atoms with van der Waals surface area (Å²) >= 11 is 1.51. The van der Waals surface area contributed by atoms with Gasteiger partial charge in [-0.25, -0.2) is 4.98 Å². The van der Waals surface area contributed by atoms with Crippen molar-refractivity contribution in [1.82, 2.24) is 4.98 Å². The van der Waals surface area contributed by atoms with Gasteiger partial charge in [0, 0.05) is 5.38 Å². The molecular formula is C12H14N2S. The van der Waals surface area contributed by atoms with Crippen LogP contribution in [0.2, 0.25) is 0 Å². The molecule has 0 fully saturated rings. The van der Waals surface area contributed by atoms with Crippen LogP contribution in [0.25, 0.3) is 0 Å². The maximum absolute atomic E-state index is 5.58. The minimum absolute atomic E-state index is 0.661. The lowest BCUT2D eigenvalue weighted by Crippen LogP contribution is -1.92. The summed E-state index contributed by atoms with van der Waals surface area (Å²) in [6.45, 7) is 2.12. The summed E-state index contributed by atoms with van der Waals surface area (Å²) in [6, 6.07) is 8.59. The van der Waals surface area contributed by atoms with Gasteiger partial charge in [-0.05, 0) is 25.3 Å². The smallest absolute Gasteiger partial charge is 0.180 e. The van der Waals surface area contributed by atoms with Crippen molar-refractivity contribution < 1.29 is 0 Å². The van der Waals surface area contributed by atoms with E-state index in [1.165, 1.54) is 22.5 Å². The van der Waals surface area contributed by atoms with Crippen LogP contribution >= 0.6 is 11.3 Å². The van der Waals surface area contributed by atoms with Gasteiger partial charge in [0.1, 0.15) is 0 Å². The van der Waals surface area contributed by atoms with E-state index in [2.05, 4.69) is 36.2 Å². The van der Waals surface area contributed by atoms with Crippen LogP contribution < -0.4 is 5.73 Å². The predicted molar refractivity (Wildman–Crippen MR) is 65.1 cm³/mol. The zero-order valence-electron chi connectivity index (χ0n) is 8.73. The number of nitrogen functional groups attached to an aromatic ring is 1. The molecule has 2 N–H and O–H groups in total. The van der Waals surface area contributed by atoms with E-state index in [0.29, 0.717) is 5.13 Å². The van der Waals surface area contributed by atoms with E-state index < -0.39 is 0 Å². The summed E-state index contributed by atoms with van der Waals surface area (Å²) in [7, 11) is 0. The molecule has 0 atom stereocenters. The molecule has 0 unspecified atom stereocenters. The van der Waals surface area contributed by atoms with Crippen LogP contribution in [0.3, 0.4) is 0 Å². The van der Waals surface area contributed by atoms with Crippen LogP contribution in [-0.2, 0) is 12.8 Å². The lowest BCUT2D eigenvalue weighted by molar-refractivity contribution is 0.926. The van der Waals surface area contributed by atoms with Crippen LogP contribution in [0.1, 0.15) is 16.8 Å². The van der Waals surface area contributed by atoms with Gasteiger partial charge < -0.3 is 5.73 Å². The lowest BCUT2D eigenvalue weighted by atomic mass is 10.1. The Morgan fingerprint density at radius 1 is 1.33 bits per heavy atom. The van der Waals surface area contributed by atoms with Gasteiger partial charge in [-0.1, -0.05) is 29.8 Å². The summed E-state index contributed by atoms with van der Waals surface area (Å²) in [6.07, 6.45) is 2.00. The minimum Gasteiger partial charge on any atom is -0.375 e. The molecule has 0 amide bonds. The molecule has 0 radical (unpaired) electrons. The number of aryl methyl sites for hydroxylation is 3. The highest BCUT2D eigenvalue weighted by Gasteiger charge is 1.99. The summed E-state index contributed by atoms with van der Waals surface area (Å²) in [5, 5.41) is 2.69. The molecule has 0 aliphatic carbocycles. The molecule has 1 aromatic carbocycles. The van der Waals surface area contributed by atoms with Gasteiger partial charge >= 0.3 is 0 Å². The van der Waals surface area contributed by atoms with Gasteiger partial charge in [0.25, 0.3) is 0 Å². The van der Waals surface area contributed by atoms with Crippen molar-refractivity contribution in [2.24, 2.45) is 0 Å². The summed E-state index contributed by atoms with van der Waals surface area (Å²) in [5.74, 6) is 0. The number of aromatic nitrogens is 1. The number of nitrogens with two attached hydrogens (primary N) is 1. The molecule has 15 heavy (non-hydrogen) atoms. The predicted octanol–water partition coefficient (Wildman–Crippen LogP) is 2.82. The number of rotatable bonds is 3. The Hall–Kier alpha value is -1.35. The first-order valence-corrected chi connectivity index (χ1v) is 5.87. The zero-order chi connectivity index (χ0) is 10.7. The molecule has 0 saturated heterocycles. The van der Waals surface area contributed by atoms with Crippen molar-refractivity contribution in [2.45, 2.75) is 19.8 Å². The highest BCUT2D eigenvalue weighted by Crippen LogP contribution is 2.14. The molecule has 0 bridgehead atoms. The molecule has 3 heteroatoms. The van der Waals surface area contributed by atoms with Gasteiger partial charge in [-0.2, -0.15) is 0 Å². The number of anilines is 1. The van der Waals surface area contributed by atoms with Crippen molar-refractivity contribution in [2.75, 3.05) is 5.73 Å². The Bertz CT molecular complexity index is 448. The molecule has 0 saturated carbocycles. The highest BCUT2D eigenvalue weighted by atomic mass is 32.1. The van der Waals surface area contributed by atoms with Crippen LogP contribution in [0.5, 0.6) is 0 Å². The first-order valence-electron chi connectivity index (χ1n) is 4.99. The summed E-state index contributed by atoms with van der Waals surface area (Å²) in [5.41, 5.74) is 9.35. The summed E-state index contributed by atoms with van der Waals surface area (Å²) < 4.78 is 0. The van der Waals surface area contributed by atoms with E-state index in [-0.39, 0.29) is 0 Å². The SMILES string of the molecule is Cc1cccc(CCc2csc(N)n2)c1. The van der Waals surface area contributed by atoms with E-state index in [9.17, 15) is 0 Å². The maximum atomic E-state index is 5.58. The number of nitrogens with zero attached hydrogens (tertiary/aromatic N) is 1. The van der Waals surface area contributed by atoms with E-state index in [1.807, 2.05) is 5.38 Å².